The number of ether oxygens (including phenoxy) is 1. The number of aromatic carboxylic acids is 1. The van der Waals surface area contributed by atoms with Crippen molar-refractivity contribution in [1.82, 2.24) is 9.78 Å². The normalized spacial score (nSPS) is 10.8. The van der Waals surface area contributed by atoms with Gasteiger partial charge < -0.3 is 15.2 Å². The Morgan fingerprint density at radius 1 is 1.32 bits per heavy atom. The molecule has 1 heterocycles. The molecule has 0 unspecified atom stereocenters. The molecule has 0 spiro atoms. The minimum absolute atomic E-state index is 0.0835. The molecular weight excluding hydrogens is 322 g/mol. The van der Waals surface area contributed by atoms with Gasteiger partial charge in [0.25, 0.3) is 0 Å². The Bertz CT molecular complexity index is 809. The van der Waals surface area contributed by atoms with Gasteiger partial charge in [-0.2, -0.15) is 5.10 Å². The molecule has 7 nitrogen and oxygen atoms in total. The highest BCUT2D eigenvalue weighted by Gasteiger charge is 2.17. The molecule has 2 aromatic rings. The molecule has 0 radical (unpaired) electrons. The van der Waals surface area contributed by atoms with E-state index in [1.165, 1.54) is 12.1 Å². The number of benzene rings is 1. The Hall–Kier alpha value is -2.83. The molecular formula is C18H23N3O4. The number of amides is 1. The summed E-state index contributed by atoms with van der Waals surface area (Å²) in [5.74, 6) is -0.881. The van der Waals surface area contributed by atoms with Crippen LogP contribution in [0.1, 0.15) is 41.2 Å². The third-order valence-electron chi connectivity index (χ3n) is 3.86. The molecule has 7 heteroatoms. The van der Waals surface area contributed by atoms with Gasteiger partial charge in [0.2, 0.25) is 5.91 Å². The van der Waals surface area contributed by atoms with Gasteiger partial charge in [0, 0.05) is 18.3 Å². The van der Waals surface area contributed by atoms with Crippen LogP contribution in [-0.2, 0) is 18.3 Å². The van der Waals surface area contributed by atoms with Crippen molar-refractivity contribution in [3.05, 3.63) is 40.7 Å². The maximum Gasteiger partial charge on any atom is 0.335 e. The van der Waals surface area contributed by atoms with Gasteiger partial charge in [-0.3, -0.25) is 9.48 Å². The van der Waals surface area contributed by atoms with Crippen molar-refractivity contribution in [2.75, 3.05) is 5.32 Å². The van der Waals surface area contributed by atoms with Crippen molar-refractivity contribution in [3.63, 3.8) is 0 Å². The number of hydrogen-bond acceptors (Lipinski definition) is 4. The molecule has 0 fully saturated rings. The van der Waals surface area contributed by atoms with Gasteiger partial charge in [0.15, 0.2) is 0 Å². The number of aromatic nitrogens is 2. The number of carboxylic acid groups (broad SMARTS) is 1. The molecule has 2 N–H and O–H groups in total. The molecule has 1 aromatic heterocycles. The maximum atomic E-state index is 12.5. The van der Waals surface area contributed by atoms with E-state index < -0.39 is 5.97 Å². The van der Waals surface area contributed by atoms with E-state index in [4.69, 9.17) is 9.84 Å². The number of nitrogens with one attached hydrogen (secondary N) is 1. The Morgan fingerprint density at radius 2 is 2.00 bits per heavy atom. The number of rotatable bonds is 6. The predicted octanol–water partition coefficient (Wildman–Crippen LogP) is 2.70. The van der Waals surface area contributed by atoms with Crippen LogP contribution in [0.25, 0.3) is 0 Å². The summed E-state index contributed by atoms with van der Waals surface area (Å²) in [5.41, 5.74) is 3.01. The zero-order chi connectivity index (χ0) is 18.7. The monoisotopic (exact) mass is 345 g/mol. The highest BCUT2D eigenvalue weighted by molar-refractivity contribution is 5.96. The molecule has 1 amide bonds. The highest BCUT2D eigenvalue weighted by atomic mass is 16.5. The van der Waals surface area contributed by atoms with Crippen molar-refractivity contribution >= 4 is 17.6 Å². The lowest BCUT2D eigenvalue weighted by molar-refractivity contribution is -0.115. The summed E-state index contributed by atoms with van der Waals surface area (Å²) in [5, 5.41) is 16.2. The topological polar surface area (TPSA) is 93.5 Å². The summed E-state index contributed by atoms with van der Waals surface area (Å²) >= 11 is 0. The number of aryl methyl sites for hydroxylation is 2. The Labute approximate surface area is 146 Å². The minimum atomic E-state index is -1.06. The highest BCUT2D eigenvalue weighted by Crippen LogP contribution is 2.27. The molecule has 0 aliphatic carbocycles. The zero-order valence-electron chi connectivity index (χ0n) is 15.1. The van der Waals surface area contributed by atoms with Crippen LogP contribution in [0, 0.1) is 13.8 Å². The third-order valence-corrected chi connectivity index (χ3v) is 3.86. The van der Waals surface area contributed by atoms with E-state index in [0.717, 1.165) is 17.0 Å². The second kappa shape index (κ2) is 7.38. The van der Waals surface area contributed by atoms with E-state index in [2.05, 4.69) is 10.4 Å². The first kappa shape index (κ1) is 18.5. The molecule has 0 saturated heterocycles. The van der Waals surface area contributed by atoms with Crippen LogP contribution in [0.4, 0.5) is 5.69 Å². The van der Waals surface area contributed by atoms with Gasteiger partial charge in [-0.1, -0.05) is 0 Å². The summed E-state index contributed by atoms with van der Waals surface area (Å²) < 4.78 is 7.39. The molecule has 0 saturated carbocycles. The van der Waals surface area contributed by atoms with Gasteiger partial charge in [0.05, 0.1) is 29.5 Å². The van der Waals surface area contributed by atoms with Crippen molar-refractivity contribution in [2.24, 2.45) is 7.05 Å². The van der Waals surface area contributed by atoms with Crippen LogP contribution < -0.4 is 10.1 Å². The third kappa shape index (κ3) is 4.37. The fourth-order valence-corrected chi connectivity index (χ4v) is 2.55. The summed E-state index contributed by atoms with van der Waals surface area (Å²) in [6.45, 7) is 7.48. The first-order valence-corrected chi connectivity index (χ1v) is 8.02. The Morgan fingerprint density at radius 3 is 2.52 bits per heavy atom. The molecule has 0 aliphatic heterocycles. The smallest absolute Gasteiger partial charge is 0.335 e. The Balaban J connectivity index is 2.26. The quantitative estimate of drug-likeness (QED) is 0.839. The second-order valence-corrected chi connectivity index (χ2v) is 6.18. The largest absolute Gasteiger partial charge is 0.489 e. The number of nitrogens with zero attached hydrogens (tertiary/aromatic N) is 2. The lowest BCUT2D eigenvalue weighted by Gasteiger charge is -2.15. The molecule has 25 heavy (non-hydrogen) atoms. The summed E-state index contributed by atoms with van der Waals surface area (Å²) in [6, 6.07) is 4.41. The van der Waals surface area contributed by atoms with Crippen LogP contribution in [-0.4, -0.2) is 32.9 Å². The van der Waals surface area contributed by atoms with Crippen LogP contribution in [0.3, 0.4) is 0 Å². The van der Waals surface area contributed by atoms with Gasteiger partial charge >= 0.3 is 5.97 Å². The van der Waals surface area contributed by atoms with E-state index >= 15 is 0 Å². The number of carbonyl (C=O) groups excluding carboxylic acids is 1. The maximum absolute atomic E-state index is 12.5. The fraction of sp³-hybridized carbons (Fsp3) is 0.389. The fourth-order valence-electron chi connectivity index (χ4n) is 2.55. The van der Waals surface area contributed by atoms with E-state index in [1.54, 1.807) is 10.7 Å². The predicted molar refractivity (Wildman–Crippen MR) is 94.2 cm³/mol. The van der Waals surface area contributed by atoms with Crippen molar-refractivity contribution in [2.45, 2.75) is 40.2 Å². The lowest BCUT2D eigenvalue weighted by atomic mass is 10.1. The lowest BCUT2D eigenvalue weighted by Crippen LogP contribution is -2.17. The van der Waals surface area contributed by atoms with Gasteiger partial charge in [-0.15, -0.1) is 0 Å². The van der Waals surface area contributed by atoms with Crippen LogP contribution in [0.15, 0.2) is 18.2 Å². The SMILES string of the molecule is Cc1nn(C)c(C)c1CC(=O)Nc1cc(C(=O)O)ccc1OC(C)C. The molecule has 1 aromatic carbocycles. The van der Waals surface area contributed by atoms with Crippen molar-refractivity contribution < 1.29 is 19.4 Å². The average Bonchev–Trinajstić information content (AvgIpc) is 2.74. The van der Waals surface area contributed by atoms with E-state index in [9.17, 15) is 9.59 Å². The van der Waals surface area contributed by atoms with Gasteiger partial charge in [-0.25, -0.2) is 4.79 Å². The Kier molecular flexibility index (Phi) is 5.46. The first-order valence-electron chi connectivity index (χ1n) is 8.02. The molecule has 0 bridgehead atoms. The number of carboxylic acids is 1. The summed E-state index contributed by atoms with van der Waals surface area (Å²) in [6.07, 6.45) is 0.0540. The standard InChI is InChI=1S/C18H23N3O4/c1-10(2)25-16-7-6-13(18(23)24)8-15(16)19-17(22)9-14-11(3)20-21(5)12(14)4/h6-8,10H,9H2,1-5H3,(H,19,22)(H,23,24). The van der Waals surface area contributed by atoms with Gasteiger partial charge in [0.1, 0.15) is 5.75 Å². The molecule has 2 rings (SSSR count). The second-order valence-electron chi connectivity index (χ2n) is 6.18. The van der Waals surface area contributed by atoms with Crippen LogP contribution >= 0.6 is 0 Å². The average molecular weight is 345 g/mol. The van der Waals surface area contributed by atoms with E-state index in [-0.39, 0.29) is 24.0 Å². The first-order chi connectivity index (χ1) is 11.7. The van der Waals surface area contributed by atoms with E-state index in [0.29, 0.717) is 11.4 Å². The zero-order valence-corrected chi connectivity index (χ0v) is 15.1. The van der Waals surface area contributed by atoms with E-state index in [1.807, 2.05) is 34.7 Å². The van der Waals surface area contributed by atoms with Crippen LogP contribution in [0.5, 0.6) is 5.75 Å². The van der Waals surface area contributed by atoms with Gasteiger partial charge in [-0.05, 0) is 45.9 Å². The van der Waals surface area contributed by atoms with Crippen molar-refractivity contribution in [1.29, 1.82) is 0 Å². The minimum Gasteiger partial charge on any atom is -0.489 e. The summed E-state index contributed by atoms with van der Waals surface area (Å²) in [4.78, 5) is 23.7. The molecule has 0 aliphatic rings. The van der Waals surface area contributed by atoms with Crippen LogP contribution in [0.2, 0.25) is 0 Å². The molecule has 0 atom stereocenters. The number of anilines is 1. The summed E-state index contributed by atoms with van der Waals surface area (Å²) in [7, 11) is 1.83. The van der Waals surface area contributed by atoms with Crippen molar-refractivity contribution in [3.8, 4) is 5.75 Å². The number of carbonyl (C=O) groups is 2. The number of hydrogen-bond donors (Lipinski definition) is 2. The molecule has 134 valence electrons.